The van der Waals surface area contributed by atoms with Gasteiger partial charge in [0.2, 0.25) is 0 Å². The number of cyclic esters (lactones) is 1. The van der Waals surface area contributed by atoms with Gasteiger partial charge in [0.25, 0.3) is 0 Å². The summed E-state index contributed by atoms with van der Waals surface area (Å²) in [6.07, 6.45) is 9.59. The lowest BCUT2D eigenvalue weighted by Crippen LogP contribution is -2.46. The fourth-order valence-corrected chi connectivity index (χ4v) is 5.63. The van der Waals surface area contributed by atoms with Crippen molar-refractivity contribution >= 4 is 11.9 Å². The van der Waals surface area contributed by atoms with Crippen LogP contribution in [0.2, 0.25) is 0 Å². The summed E-state index contributed by atoms with van der Waals surface area (Å²) in [4.78, 5) is 25.2. The fraction of sp³-hybridized carbons (Fsp3) is 0.576. The van der Waals surface area contributed by atoms with Crippen LogP contribution in [0.4, 0.5) is 0 Å². The van der Waals surface area contributed by atoms with Gasteiger partial charge in [0.1, 0.15) is 5.60 Å². The molecule has 6 nitrogen and oxygen atoms in total. The van der Waals surface area contributed by atoms with Crippen molar-refractivity contribution in [1.29, 1.82) is 0 Å². The lowest BCUT2D eigenvalue weighted by molar-refractivity contribution is -0.177. The highest BCUT2D eigenvalue weighted by Gasteiger charge is 2.51. The van der Waals surface area contributed by atoms with E-state index in [1.165, 1.54) is 44.8 Å². The number of hydrogen-bond donors (Lipinski definition) is 1. The van der Waals surface area contributed by atoms with Gasteiger partial charge in [0, 0.05) is 13.5 Å². The molecular formula is C33H46O6. The number of unbranched alkanes of at least 4 members (excludes halogenated alkanes) is 7. The number of carbonyl (C=O) groups is 2. The molecule has 0 radical (unpaired) electrons. The molecule has 0 spiro atoms. The van der Waals surface area contributed by atoms with E-state index in [0.717, 1.165) is 25.7 Å². The predicted molar refractivity (Wildman–Crippen MR) is 152 cm³/mol. The van der Waals surface area contributed by atoms with Crippen molar-refractivity contribution in [2.24, 2.45) is 0 Å². The molecule has 0 bridgehead atoms. The largest absolute Gasteiger partial charge is 0.455 e. The second kappa shape index (κ2) is 15.2. The van der Waals surface area contributed by atoms with Gasteiger partial charge in [-0.2, -0.15) is 0 Å². The third-order valence-corrected chi connectivity index (χ3v) is 7.70. The van der Waals surface area contributed by atoms with Crippen molar-refractivity contribution in [2.75, 3.05) is 7.11 Å². The molecule has 0 amide bonds. The van der Waals surface area contributed by atoms with Gasteiger partial charge in [-0.25, -0.2) is 4.79 Å². The minimum atomic E-state index is -1.09. The fourth-order valence-electron chi connectivity index (χ4n) is 5.63. The van der Waals surface area contributed by atoms with E-state index >= 15 is 0 Å². The van der Waals surface area contributed by atoms with Gasteiger partial charge in [-0.05, 0) is 44.2 Å². The summed E-state index contributed by atoms with van der Waals surface area (Å²) in [6, 6.07) is 19.8. The zero-order valence-electron chi connectivity index (χ0n) is 23.9. The Hall–Kier alpha value is -2.70. The smallest absolute Gasteiger partial charge is 0.340 e. The quantitative estimate of drug-likeness (QED) is 0.175. The number of esters is 2. The van der Waals surface area contributed by atoms with Gasteiger partial charge < -0.3 is 19.3 Å². The van der Waals surface area contributed by atoms with Gasteiger partial charge in [-0.1, -0.05) is 106 Å². The average molecular weight is 539 g/mol. The van der Waals surface area contributed by atoms with Crippen molar-refractivity contribution in [3.63, 3.8) is 0 Å². The summed E-state index contributed by atoms with van der Waals surface area (Å²) >= 11 is 0. The van der Waals surface area contributed by atoms with E-state index in [9.17, 15) is 14.7 Å². The molecule has 0 aliphatic carbocycles. The summed E-state index contributed by atoms with van der Waals surface area (Å²) in [5.41, 5.74) is -0.0373. The van der Waals surface area contributed by atoms with Gasteiger partial charge in [0.15, 0.2) is 12.2 Å². The van der Waals surface area contributed by atoms with Gasteiger partial charge in [-0.15, -0.1) is 0 Å². The molecule has 2 aromatic rings. The van der Waals surface area contributed by atoms with Gasteiger partial charge in [0.05, 0.1) is 12.0 Å². The molecule has 1 N–H and O–H groups in total. The van der Waals surface area contributed by atoms with E-state index in [1.54, 1.807) is 26.0 Å². The van der Waals surface area contributed by atoms with Crippen LogP contribution in [0.1, 0.15) is 102 Å². The first kappa shape index (κ1) is 30.8. The number of aliphatic hydroxyl groups is 1. The van der Waals surface area contributed by atoms with Crippen molar-refractivity contribution in [3.05, 3.63) is 71.8 Å². The molecule has 214 valence electrons. The topological polar surface area (TPSA) is 82.1 Å². The highest BCUT2D eigenvalue weighted by Crippen LogP contribution is 2.38. The Bertz CT molecular complexity index is 1010. The van der Waals surface area contributed by atoms with E-state index in [-0.39, 0.29) is 12.8 Å². The van der Waals surface area contributed by atoms with Crippen LogP contribution in [0, 0.1) is 0 Å². The van der Waals surface area contributed by atoms with Crippen molar-refractivity contribution in [2.45, 2.75) is 114 Å². The molecular weight excluding hydrogens is 492 g/mol. The molecule has 0 unspecified atom stereocenters. The Balaban J connectivity index is 1.36. The summed E-state index contributed by atoms with van der Waals surface area (Å²) in [5, 5.41) is 11.1. The standard InChI is InChI=1S/C33H46O6/c1-32(36,23-17-9-7-5-4-6-8-12-18-26-19-13-10-14-20-26)25-33(2)28(24-29(34)39-33)38-31(35)30(37-3)27-21-15-11-16-22-27/h10-11,13-16,19-22,28,30,36H,4-9,12,17-18,23-25H2,1-3H3/t28-,30-,32-,33-/m1/s1. The average Bonchev–Trinajstić information content (AvgIpc) is 3.17. The Morgan fingerprint density at radius 3 is 2.15 bits per heavy atom. The third-order valence-electron chi connectivity index (χ3n) is 7.70. The van der Waals surface area contributed by atoms with Gasteiger partial charge in [-0.3, -0.25) is 4.79 Å². The van der Waals surface area contributed by atoms with E-state index in [1.807, 2.05) is 18.2 Å². The minimum Gasteiger partial charge on any atom is -0.455 e. The first-order valence-electron chi connectivity index (χ1n) is 14.5. The lowest BCUT2D eigenvalue weighted by atomic mass is 9.82. The summed E-state index contributed by atoms with van der Waals surface area (Å²) in [6.45, 7) is 3.52. The molecule has 0 aromatic heterocycles. The molecule has 0 saturated carbocycles. The molecule has 4 atom stereocenters. The molecule has 1 fully saturated rings. The van der Waals surface area contributed by atoms with Crippen LogP contribution in [0.3, 0.4) is 0 Å². The molecule has 2 aromatic carbocycles. The number of hydrogen-bond acceptors (Lipinski definition) is 6. The van der Waals surface area contributed by atoms with Crippen molar-refractivity contribution in [3.8, 4) is 0 Å². The van der Waals surface area contributed by atoms with E-state index in [0.29, 0.717) is 12.0 Å². The summed E-state index contributed by atoms with van der Waals surface area (Å²) < 4.78 is 16.8. The van der Waals surface area contributed by atoms with Crippen LogP contribution in [0.5, 0.6) is 0 Å². The molecule has 1 aliphatic heterocycles. The van der Waals surface area contributed by atoms with E-state index in [4.69, 9.17) is 14.2 Å². The first-order chi connectivity index (χ1) is 18.7. The molecule has 39 heavy (non-hydrogen) atoms. The van der Waals surface area contributed by atoms with Crippen molar-refractivity contribution < 1.29 is 28.9 Å². The van der Waals surface area contributed by atoms with Crippen LogP contribution in [0.15, 0.2) is 60.7 Å². The SMILES string of the molecule is CO[C@@H](C(=O)O[C@@H]1CC(=O)O[C@]1(C)C[C@](C)(O)CCCCCCCCCCc1ccccc1)c1ccccc1. The number of rotatable bonds is 17. The van der Waals surface area contributed by atoms with E-state index in [2.05, 4.69) is 30.3 Å². The number of ether oxygens (including phenoxy) is 3. The van der Waals surface area contributed by atoms with Crippen LogP contribution in [-0.4, -0.2) is 41.5 Å². The second-order valence-electron chi connectivity index (χ2n) is 11.4. The first-order valence-corrected chi connectivity index (χ1v) is 14.5. The number of methoxy groups -OCH3 is 1. The van der Waals surface area contributed by atoms with Crippen LogP contribution in [-0.2, 0) is 30.2 Å². The molecule has 3 rings (SSSR count). The maximum absolute atomic E-state index is 12.9. The van der Waals surface area contributed by atoms with Gasteiger partial charge >= 0.3 is 11.9 Å². The highest BCUT2D eigenvalue weighted by atomic mass is 16.6. The Morgan fingerprint density at radius 1 is 0.974 bits per heavy atom. The molecule has 6 heteroatoms. The molecule has 1 heterocycles. The van der Waals surface area contributed by atoms with E-state index < -0.39 is 35.3 Å². The second-order valence-corrected chi connectivity index (χ2v) is 11.4. The Labute approximate surface area is 234 Å². The highest BCUT2D eigenvalue weighted by molar-refractivity contribution is 5.79. The predicted octanol–water partition coefficient (Wildman–Crippen LogP) is 6.89. The minimum absolute atomic E-state index is 0.0328. The van der Waals surface area contributed by atoms with Crippen LogP contribution >= 0.6 is 0 Å². The van der Waals surface area contributed by atoms with Crippen LogP contribution < -0.4 is 0 Å². The number of benzene rings is 2. The molecule has 1 saturated heterocycles. The number of aryl methyl sites for hydroxylation is 1. The maximum Gasteiger partial charge on any atom is 0.340 e. The zero-order valence-corrected chi connectivity index (χ0v) is 23.9. The van der Waals surface area contributed by atoms with Crippen LogP contribution in [0.25, 0.3) is 0 Å². The number of carbonyl (C=O) groups excluding carboxylic acids is 2. The molecule has 1 aliphatic rings. The zero-order chi connectivity index (χ0) is 28.1. The summed E-state index contributed by atoms with van der Waals surface area (Å²) in [7, 11) is 1.45. The maximum atomic E-state index is 12.9. The normalized spacial score (nSPS) is 21.2. The third kappa shape index (κ3) is 10.1. The van der Waals surface area contributed by atoms with Crippen molar-refractivity contribution in [1.82, 2.24) is 0 Å². The lowest BCUT2D eigenvalue weighted by Gasteiger charge is -2.36. The monoisotopic (exact) mass is 538 g/mol. The Kier molecular flexibility index (Phi) is 12.0. The Morgan fingerprint density at radius 2 is 1.54 bits per heavy atom. The summed E-state index contributed by atoms with van der Waals surface area (Å²) in [5.74, 6) is -0.999.